The largest absolute Gasteiger partial charge is 0.301 e. The van der Waals surface area contributed by atoms with Gasteiger partial charge in [-0.25, -0.2) is 0 Å². The molecule has 2 heterocycles. The first-order valence-corrected chi connectivity index (χ1v) is 8.76. The lowest BCUT2D eigenvalue weighted by atomic mass is 10.0. The van der Waals surface area contributed by atoms with Gasteiger partial charge in [-0.2, -0.15) is 0 Å². The normalized spacial score (nSPS) is 24.9. The Morgan fingerprint density at radius 2 is 1.45 bits per heavy atom. The van der Waals surface area contributed by atoms with Crippen molar-refractivity contribution in [1.82, 2.24) is 14.7 Å². The summed E-state index contributed by atoms with van der Waals surface area (Å²) in [5.41, 5.74) is 0. The highest BCUT2D eigenvalue weighted by molar-refractivity contribution is 4.84. The molecule has 118 valence electrons. The average molecular weight is 281 g/mol. The summed E-state index contributed by atoms with van der Waals surface area (Å²) in [5.74, 6) is 0.841. The Hall–Kier alpha value is -0.120. The fourth-order valence-electron chi connectivity index (χ4n) is 3.56. The van der Waals surface area contributed by atoms with E-state index >= 15 is 0 Å². The number of piperidine rings is 1. The molecule has 0 aromatic heterocycles. The highest BCUT2D eigenvalue weighted by Gasteiger charge is 2.27. The lowest BCUT2D eigenvalue weighted by Gasteiger charge is -2.43. The third-order valence-electron chi connectivity index (χ3n) is 5.18. The maximum Gasteiger partial charge on any atom is 0.0121 e. The van der Waals surface area contributed by atoms with Crippen LogP contribution in [0.2, 0.25) is 0 Å². The lowest BCUT2D eigenvalue weighted by molar-refractivity contribution is 0.0507. The maximum absolute atomic E-state index is 2.77. The molecule has 0 N–H and O–H groups in total. The Morgan fingerprint density at radius 1 is 0.850 bits per heavy atom. The van der Waals surface area contributed by atoms with Crippen LogP contribution in [0.3, 0.4) is 0 Å². The topological polar surface area (TPSA) is 9.72 Å². The van der Waals surface area contributed by atoms with Gasteiger partial charge in [-0.05, 0) is 58.7 Å². The van der Waals surface area contributed by atoms with Gasteiger partial charge in [-0.15, -0.1) is 0 Å². The van der Waals surface area contributed by atoms with Crippen LogP contribution in [0.15, 0.2) is 0 Å². The van der Waals surface area contributed by atoms with Crippen LogP contribution >= 0.6 is 0 Å². The average Bonchev–Trinajstić information content (AvgIpc) is 2.46. The summed E-state index contributed by atoms with van der Waals surface area (Å²) in [5, 5.41) is 0. The zero-order valence-corrected chi connectivity index (χ0v) is 14.1. The van der Waals surface area contributed by atoms with Gasteiger partial charge in [0, 0.05) is 38.3 Å². The van der Waals surface area contributed by atoms with E-state index in [0.717, 1.165) is 18.0 Å². The third kappa shape index (κ3) is 4.71. The van der Waals surface area contributed by atoms with Gasteiger partial charge in [-0.1, -0.05) is 13.8 Å². The minimum Gasteiger partial charge on any atom is -0.301 e. The molecule has 0 saturated carbocycles. The van der Waals surface area contributed by atoms with E-state index < -0.39 is 0 Å². The predicted molar refractivity (Wildman–Crippen MR) is 87.2 cm³/mol. The van der Waals surface area contributed by atoms with Gasteiger partial charge in [0.15, 0.2) is 0 Å². The van der Waals surface area contributed by atoms with Crippen molar-refractivity contribution in [2.24, 2.45) is 5.92 Å². The summed E-state index contributed by atoms with van der Waals surface area (Å²) in [6.07, 6.45) is 4.11. The van der Waals surface area contributed by atoms with E-state index in [-0.39, 0.29) is 0 Å². The monoisotopic (exact) mass is 281 g/mol. The highest BCUT2D eigenvalue weighted by atomic mass is 15.3. The predicted octanol–water partition coefficient (Wildman–Crippen LogP) is 2.52. The Labute approximate surface area is 126 Å². The zero-order chi connectivity index (χ0) is 14.5. The smallest absolute Gasteiger partial charge is 0.0121 e. The van der Waals surface area contributed by atoms with Gasteiger partial charge in [0.25, 0.3) is 0 Å². The van der Waals surface area contributed by atoms with Crippen molar-refractivity contribution in [2.75, 3.05) is 45.8 Å². The van der Waals surface area contributed by atoms with Crippen LogP contribution in [0, 0.1) is 5.92 Å². The van der Waals surface area contributed by atoms with Crippen molar-refractivity contribution in [3.05, 3.63) is 0 Å². The van der Waals surface area contributed by atoms with E-state index in [1.807, 2.05) is 0 Å². The molecule has 3 heteroatoms. The second kappa shape index (κ2) is 7.77. The Morgan fingerprint density at radius 3 is 1.95 bits per heavy atom. The molecule has 0 radical (unpaired) electrons. The molecule has 2 aliphatic heterocycles. The first kappa shape index (κ1) is 16.3. The van der Waals surface area contributed by atoms with Crippen LogP contribution < -0.4 is 0 Å². The molecular weight excluding hydrogens is 246 g/mol. The SMILES string of the molecule is CC(C)CCN1CCN(C2CCN(C(C)C)CC2)CC1. The first-order chi connectivity index (χ1) is 9.56. The van der Waals surface area contributed by atoms with Crippen molar-refractivity contribution >= 4 is 0 Å². The Bertz CT molecular complexity index is 261. The van der Waals surface area contributed by atoms with Crippen LogP contribution in [0.1, 0.15) is 47.0 Å². The summed E-state index contributed by atoms with van der Waals surface area (Å²) in [6, 6.07) is 1.58. The fourth-order valence-corrected chi connectivity index (χ4v) is 3.56. The van der Waals surface area contributed by atoms with Gasteiger partial charge in [-0.3, -0.25) is 4.90 Å². The molecular formula is C17H35N3. The molecule has 2 aliphatic rings. The van der Waals surface area contributed by atoms with Crippen molar-refractivity contribution < 1.29 is 0 Å². The van der Waals surface area contributed by atoms with E-state index in [1.54, 1.807) is 0 Å². The van der Waals surface area contributed by atoms with E-state index in [1.165, 1.54) is 65.1 Å². The maximum atomic E-state index is 2.77. The molecule has 0 aromatic carbocycles. The van der Waals surface area contributed by atoms with E-state index in [4.69, 9.17) is 0 Å². The van der Waals surface area contributed by atoms with Crippen molar-refractivity contribution in [3.8, 4) is 0 Å². The molecule has 2 rings (SSSR count). The summed E-state index contributed by atoms with van der Waals surface area (Å²) < 4.78 is 0. The third-order valence-corrected chi connectivity index (χ3v) is 5.18. The number of hydrogen-bond donors (Lipinski definition) is 0. The van der Waals surface area contributed by atoms with E-state index in [9.17, 15) is 0 Å². The quantitative estimate of drug-likeness (QED) is 0.767. The van der Waals surface area contributed by atoms with Crippen LogP contribution in [-0.4, -0.2) is 72.6 Å². The number of likely N-dealkylation sites (tertiary alicyclic amines) is 1. The summed E-state index contributed by atoms with van der Waals surface area (Å²) in [7, 11) is 0. The molecule has 2 saturated heterocycles. The number of hydrogen-bond acceptors (Lipinski definition) is 3. The molecule has 2 fully saturated rings. The Balaban J connectivity index is 1.67. The lowest BCUT2D eigenvalue weighted by Crippen LogP contribution is -2.53. The van der Waals surface area contributed by atoms with Crippen molar-refractivity contribution in [2.45, 2.75) is 59.0 Å². The highest BCUT2D eigenvalue weighted by Crippen LogP contribution is 2.19. The minimum absolute atomic E-state index is 0.726. The zero-order valence-electron chi connectivity index (χ0n) is 14.1. The number of piperazine rings is 1. The summed E-state index contributed by atoms with van der Waals surface area (Å²) in [4.78, 5) is 8.07. The minimum atomic E-state index is 0.726. The van der Waals surface area contributed by atoms with Gasteiger partial charge in [0.05, 0.1) is 0 Å². The van der Waals surface area contributed by atoms with Gasteiger partial charge in [0.1, 0.15) is 0 Å². The van der Waals surface area contributed by atoms with Gasteiger partial charge in [0.2, 0.25) is 0 Å². The molecule has 0 aliphatic carbocycles. The molecule has 0 amide bonds. The molecule has 20 heavy (non-hydrogen) atoms. The molecule has 0 spiro atoms. The van der Waals surface area contributed by atoms with Crippen LogP contribution in [0.5, 0.6) is 0 Å². The summed E-state index contributed by atoms with van der Waals surface area (Å²) in [6.45, 7) is 18.4. The van der Waals surface area contributed by atoms with Crippen molar-refractivity contribution in [3.63, 3.8) is 0 Å². The first-order valence-electron chi connectivity index (χ1n) is 8.76. The number of rotatable bonds is 5. The Kier molecular flexibility index (Phi) is 6.31. The van der Waals surface area contributed by atoms with Gasteiger partial charge >= 0.3 is 0 Å². The molecule has 3 nitrogen and oxygen atoms in total. The van der Waals surface area contributed by atoms with Crippen LogP contribution in [0.4, 0.5) is 0 Å². The summed E-state index contributed by atoms with van der Waals surface area (Å²) >= 11 is 0. The molecule has 0 atom stereocenters. The van der Waals surface area contributed by atoms with Crippen LogP contribution in [-0.2, 0) is 0 Å². The van der Waals surface area contributed by atoms with Gasteiger partial charge < -0.3 is 9.80 Å². The van der Waals surface area contributed by atoms with Crippen LogP contribution in [0.25, 0.3) is 0 Å². The van der Waals surface area contributed by atoms with E-state index in [0.29, 0.717) is 0 Å². The van der Waals surface area contributed by atoms with Crippen molar-refractivity contribution in [1.29, 1.82) is 0 Å². The fraction of sp³-hybridized carbons (Fsp3) is 1.00. The molecule has 0 unspecified atom stereocenters. The standard InChI is InChI=1S/C17H35N3/c1-15(2)5-8-18-11-13-20(14-12-18)17-6-9-19(10-7-17)16(3)4/h15-17H,5-14H2,1-4H3. The number of nitrogens with zero attached hydrogens (tertiary/aromatic N) is 3. The van der Waals surface area contributed by atoms with E-state index in [2.05, 4.69) is 42.4 Å². The second-order valence-corrected chi connectivity index (χ2v) is 7.42. The second-order valence-electron chi connectivity index (χ2n) is 7.42. The molecule has 0 aromatic rings. The molecule has 0 bridgehead atoms.